The summed E-state index contributed by atoms with van der Waals surface area (Å²) in [5.41, 5.74) is 0.234. The molecule has 0 spiro atoms. The third-order valence-electron chi connectivity index (χ3n) is 5.08. The van der Waals surface area contributed by atoms with Gasteiger partial charge < -0.3 is 20.0 Å². The Hall–Kier alpha value is -2.97. The highest BCUT2D eigenvalue weighted by molar-refractivity contribution is 5.89. The number of amides is 2. The number of rotatable bonds is 3. The fraction of sp³-hybridized carbons (Fsp3) is 0.421. The molecule has 4 rings (SSSR count). The molecular formula is C19H22F2N6O. The van der Waals surface area contributed by atoms with E-state index in [2.05, 4.69) is 25.1 Å². The lowest BCUT2D eigenvalue weighted by Gasteiger charge is -2.35. The molecule has 1 aromatic carbocycles. The molecule has 7 nitrogen and oxygen atoms in total. The second kappa shape index (κ2) is 7.95. The van der Waals surface area contributed by atoms with E-state index in [4.69, 9.17) is 0 Å². The molecule has 0 bridgehead atoms. The molecule has 3 heterocycles. The monoisotopic (exact) mass is 388 g/mol. The molecule has 2 fully saturated rings. The standard InChI is InChI=1S/C19H22F2N6O/c20-15-4-3-14(13-16(15)21)23-19(28)27-11-9-25(10-12-27)17-5-6-22-18(24-17)26-7-1-2-8-26/h3-6,13H,1-2,7-12H2,(H,23,28). The molecule has 2 aliphatic heterocycles. The van der Waals surface area contributed by atoms with Crippen LogP contribution >= 0.6 is 0 Å². The van der Waals surface area contributed by atoms with Gasteiger partial charge in [0.05, 0.1) is 0 Å². The number of nitrogens with one attached hydrogen (secondary N) is 1. The summed E-state index contributed by atoms with van der Waals surface area (Å²) in [4.78, 5) is 27.4. The molecule has 0 aliphatic carbocycles. The first-order valence-corrected chi connectivity index (χ1v) is 9.44. The van der Waals surface area contributed by atoms with Gasteiger partial charge >= 0.3 is 6.03 Å². The summed E-state index contributed by atoms with van der Waals surface area (Å²) in [5, 5.41) is 2.61. The first-order chi connectivity index (χ1) is 13.6. The van der Waals surface area contributed by atoms with E-state index < -0.39 is 11.6 Å². The van der Waals surface area contributed by atoms with Gasteiger partial charge in [-0.15, -0.1) is 0 Å². The zero-order chi connectivity index (χ0) is 19.5. The minimum absolute atomic E-state index is 0.234. The van der Waals surface area contributed by atoms with Crippen LogP contribution in [0.15, 0.2) is 30.5 Å². The van der Waals surface area contributed by atoms with E-state index in [1.807, 2.05) is 6.07 Å². The molecule has 1 N–H and O–H groups in total. The van der Waals surface area contributed by atoms with Crippen LogP contribution in [0.5, 0.6) is 0 Å². The van der Waals surface area contributed by atoms with Gasteiger partial charge in [0.2, 0.25) is 5.95 Å². The van der Waals surface area contributed by atoms with Crippen LogP contribution in [0, 0.1) is 11.6 Å². The summed E-state index contributed by atoms with van der Waals surface area (Å²) in [6.45, 7) is 4.28. The van der Waals surface area contributed by atoms with Gasteiger partial charge in [0.1, 0.15) is 5.82 Å². The number of aromatic nitrogens is 2. The maximum absolute atomic E-state index is 13.3. The van der Waals surface area contributed by atoms with Crippen molar-refractivity contribution < 1.29 is 13.6 Å². The summed E-state index contributed by atoms with van der Waals surface area (Å²) in [7, 11) is 0. The highest BCUT2D eigenvalue weighted by Gasteiger charge is 2.23. The summed E-state index contributed by atoms with van der Waals surface area (Å²) in [6.07, 6.45) is 4.11. The van der Waals surface area contributed by atoms with Crippen molar-refractivity contribution >= 4 is 23.5 Å². The first-order valence-electron chi connectivity index (χ1n) is 9.44. The molecule has 148 valence electrons. The van der Waals surface area contributed by atoms with Gasteiger partial charge in [-0.25, -0.2) is 18.6 Å². The largest absolute Gasteiger partial charge is 0.353 e. The maximum atomic E-state index is 13.3. The van der Waals surface area contributed by atoms with Crippen LogP contribution < -0.4 is 15.1 Å². The van der Waals surface area contributed by atoms with Crippen LogP contribution in [0.2, 0.25) is 0 Å². The van der Waals surface area contributed by atoms with Gasteiger partial charge in [-0.1, -0.05) is 0 Å². The van der Waals surface area contributed by atoms with Crippen LogP contribution in [-0.2, 0) is 0 Å². The predicted molar refractivity (Wildman–Crippen MR) is 103 cm³/mol. The van der Waals surface area contributed by atoms with E-state index in [0.29, 0.717) is 26.2 Å². The van der Waals surface area contributed by atoms with Crippen molar-refractivity contribution in [2.45, 2.75) is 12.8 Å². The summed E-state index contributed by atoms with van der Waals surface area (Å²) in [6, 6.07) is 4.87. The Morgan fingerprint density at radius 2 is 1.68 bits per heavy atom. The maximum Gasteiger partial charge on any atom is 0.321 e. The average Bonchev–Trinajstić information content (AvgIpc) is 3.26. The fourth-order valence-corrected chi connectivity index (χ4v) is 3.50. The number of carbonyl (C=O) groups is 1. The highest BCUT2D eigenvalue weighted by Crippen LogP contribution is 2.20. The number of anilines is 3. The number of hydrogen-bond donors (Lipinski definition) is 1. The van der Waals surface area contributed by atoms with E-state index in [0.717, 1.165) is 37.0 Å². The number of hydrogen-bond acceptors (Lipinski definition) is 5. The number of piperazine rings is 1. The van der Waals surface area contributed by atoms with Crippen molar-refractivity contribution in [3.05, 3.63) is 42.1 Å². The highest BCUT2D eigenvalue weighted by atomic mass is 19.2. The molecule has 0 radical (unpaired) electrons. The smallest absolute Gasteiger partial charge is 0.321 e. The third-order valence-corrected chi connectivity index (χ3v) is 5.08. The van der Waals surface area contributed by atoms with E-state index >= 15 is 0 Å². The molecule has 9 heteroatoms. The number of nitrogens with zero attached hydrogens (tertiary/aromatic N) is 5. The SMILES string of the molecule is O=C(Nc1ccc(F)c(F)c1)N1CCN(c2ccnc(N3CCCC3)n2)CC1. The van der Waals surface area contributed by atoms with Crippen LogP contribution in [0.25, 0.3) is 0 Å². The lowest BCUT2D eigenvalue weighted by molar-refractivity contribution is 0.208. The molecule has 2 aromatic rings. The van der Waals surface area contributed by atoms with Crippen molar-refractivity contribution in [2.24, 2.45) is 0 Å². The molecular weight excluding hydrogens is 366 g/mol. The zero-order valence-electron chi connectivity index (χ0n) is 15.4. The van der Waals surface area contributed by atoms with Crippen LogP contribution in [0.4, 0.5) is 31.0 Å². The fourth-order valence-electron chi connectivity index (χ4n) is 3.50. The van der Waals surface area contributed by atoms with Crippen LogP contribution in [0.1, 0.15) is 12.8 Å². The Labute approximate surface area is 162 Å². The van der Waals surface area contributed by atoms with Crippen LogP contribution in [0.3, 0.4) is 0 Å². The summed E-state index contributed by atoms with van der Waals surface area (Å²) >= 11 is 0. The van der Waals surface area contributed by atoms with E-state index in [1.54, 1.807) is 11.1 Å². The molecule has 0 saturated carbocycles. The third kappa shape index (κ3) is 3.97. The van der Waals surface area contributed by atoms with E-state index in [1.165, 1.54) is 18.9 Å². The Morgan fingerprint density at radius 1 is 0.929 bits per heavy atom. The number of urea groups is 1. The Balaban J connectivity index is 1.34. The first kappa shape index (κ1) is 18.4. The van der Waals surface area contributed by atoms with Gasteiger partial charge in [0.25, 0.3) is 0 Å². The topological polar surface area (TPSA) is 64.6 Å². The molecule has 2 saturated heterocycles. The second-order valence-electron chi connectivity index (χ2n) is 6.94. The van der Waals surface area contributed by atoms with Crippen molar-refractivity contribution in [3.8, 4) is 0 Å². The zero-order valence-corrected chi connectivity index (χ0v) is 15.4. The quantitative estimate of drug-likeness (QED) is 0.876. The summed E-state index contributed by atoms with van der Waals surface area (Å²) < 4.78 is 26.3. The Morgan fingerprint density at radius 3 is 2.39 bits per heavy atom. The van der Waals surface area contributed by atoms with Crippen molar-refractivity contribution in [1.29, 1.82) is 0 Å². The van der Waals surface area contributed by atoms with Crippen molar-refractivity contribution in [2.75, 3.05) is 54.4 Å². The normalized spacial score (nSPS) is 17.1. The number of carbonyl (C=O) groups excluding carboxylic acids is 1. The second-order valence-corrected chi connectivity index (χ2v) is 6.94. The van der Waals surface area contributed by atoms with Crippen molar-refractivity contribution in [1.82, 2.24) is 14.9 Å². The van der Waals surface area contributed by atoms with Gasteiger partial charge in [0, 0.05) is 57.2 Å². The van der Waals surface area contributed by atoms with E-state index in [9.17, 15) is 13.6 Å². The molecule has 2 amide bonds. The Bertz CT molecular complexity index is 850. The van der Waals surface area contributed by atoms with Gasteiger partial charge in [0.15, 0.2) is 11.6 Å². The Kier molecular flexibility index (Phi) is 5.23. The predicted octanol–water partition coefficient (Wildman–Crippen LogP) is 2.71. The van der Waals surface area contributed by atoms with Crippen molar-refractivity contribution in [3.63, 3.8) is 0 Å². The van der Waals surface area contributed by atoms with Crippen LogP contribution in [-0.4, -0.2) is 60.2 Å². The number of halogens is 2. The average molecular weight is 388 g/mol. The van der Waals surface area contributed by atoms with E-state index in [-0.39, 0.29) is 11.7 Å². The molecule has 0 atom stereocenters. The molecule has 1 aromatic heterocycles. The molecule has 0 unspecified atom stereocenters. The lowest BCUT2D eigenvalue weighted by atomic mass is 10.3. The van der Waals surface area contributed by atoms with Gasteiger partial charge in [-0.2, -0.15) is 4.98 Å². The molecule has 28 heavy (non-hydrogen) atoms. The van der Waals surface area contributed by atoms with Gasteiger partial charge in [-0.3, -0.25) is 0 Å². The number of benzene rings is 1. The minimum atomic E-state index is -0.986. The minimum Gasteiger partial charge on any atom is -0.353 e. The lowest BCUT2D eigenvalue weighted by Crippen LogP contribution is -2.50. The van der Waals surface area contributed by atoms with Gasteiger partial charge in [-0.05, 0) is 31.0 Å². The summed E-state index contributed by atoms with van der Waals surface area (Å²) in [5.74, 6) is -0.309. The molecule has 2 aliphatic rings.